The number of benzene rings is 3. The number of rotatable bonds is 8. The average molecular weight is 490 g/mol. The van der Waals surface area contributed by atoms with E-state index in [1.54, 1.807) is 38.1 Å². The third kappa shape index (κ3) is 6.76. The van der Waals surface area contributed by atoms with E-state index in [9.17, 15) is 18.0 Å². The van der Waals surface area contributed by atoms with E-state index in [0.717, 1.165) is 23.3 Å². The lowest BCUT2D eigenvalue weighted by molar-refractivity contribution is -0.137. The summed E-state index contributed by atoms with van der Waals surface area (Å²) in [5, 5.41) is 3.60. The van der Waals surface area contributed by atoms with Crippen LogP contribution in [0.15, 0.2) is 78.9 Å². The van der Waals surface area contributed by atoms with Gasteiger partial charge >= 0.3 is 6.18 Å². The lowest BCUT2D eigenvalue weighted by atomic mass is 9.86. The Kier molecular flexibility index (Phi) is 7.93. The van der Waals surface area contributed by atoms with E-state index >= 15 is 0 Å². The van der Waals surface area contributed by atoms with Crippen LogP contribution in [0, 0.1) is 0 Å². The maximum absolute atomic E-state index is 13.1. The van der Waals surface area contributed by atoms with Gasteiger partial charge < -0.3 is 10.1 Å². The van der Waals surface area contributed by atoms with Crippen LogP contribution in [-0.2, 0) is 17.4 Å². The molecule has 0 radical (unpaired) electrons. The molecule has 0 aliphatic carbocycles. The smallest absolute Gasteiger partial charge is 0.416 e. The first-order chi connectivity index (χ1) is 16.0. The summed E-state index contributed by atoms with van der Waals surface area (Å²) < 4.78 is 44.7. The Morgan fingerprint density at radius 1 is 0.941 bits per heavy atom. The number of amides is 1. The first kappa shape index (κ1) is 25.6. The molecule has 3 aromatic rings. The summed E-state index contributed by atoms with van der Waals surface area (Å²) in [6.45, 7) is 5.24. The predicted molar refractivity (Wildman–Crippen MR) is 128 cm³/mol. The van der Waals surface area contributed by atoms with Crippen LogP contribution in [0.5, 0.6) is 5.75 Å². The SMILES string of the molecule is C[C@H](NC(=O)C(C)(C)Oc1ccc(Cl)cc1)[C@@H](Cc1ccc(C(F)(F)F)cc1)c1ccccc1. The number of halogens is 4. The Labute approximate surface area is 202 Å². The fraction of sp³-hybridized carbons (Fsp3) is 0.296. The van der Waals surface area contributed by atoms with Gasteiger partial charge in [0.15, 0.2) is 5.60 Å². The Morgan fingerprint density at radius 3 is 2.09 bits per heavy atom. The Bertz CT molecular complexity index is 1080. The van der Waals surface area contributed by atoms with E-state index in [0.29, 0.717) is 17.2 Å². The molecule has 0 spiro atoms. The number of hydrogen-bond donors (Lipinski definition) is 1. The standard InChI is InChI=1S/C27H27ClF3NO2/c1-18(32-25(33)26(2,3)34-23-15-13-22(28)14-16-23)24(20-7-5-4-6-8-20)17-19-9-11-21(12-10-19)27(29,30)31/h4-16,18,24H,17H2,1-3H3,(H,32,33)/t18-,24+/m0/s1. The van der Waals surface area contributed by atoms with Crippen LogP contribution in [0.2, 0.25) is 5.02 Å². The van der Waals surface area contributed by atoms with Crippen LogP contribution in [0.4, 0.5) is 13.2 Å². The maximum Gasteiger partial charge on any atom is 0.416 e. The first-order valence-electron chi connectivity index (χ1n) is 10.9. The van der Waals surface area contributed by atoms with Gasteiger partial charge in [-0.1, -0.05) is 54.1 Å². The quantitative estimate of drug-likeness (QED) is 0.368. The van der Waals surface area contributed by atoms with Gasteiger partial charge in [-0.3, -0.25) is 4.79 Å². The molecule has 3 nitrogen and oxygen atoms in total. The number of nitrogens with one attached hydrogen (secondary N) is 1. The lowest BCUT2D eigenvalue weighted by Crippen LogP contribution is -2.51. The second-order valence-electron chi connectivity index (χ2n) is 8.74. The second-order valence-corrected chi connectivity index (χ2v) is 9.18. The van der Waals surface area contributed by atoms with Gasteiger partial charge in [0.05, 0.1) is 5.56 Å². The van der Waals surface area contributed by atoms with Crippen molar-refractivity contribution in [1.82, 2.24) is 5.32 Å². The molecule has 0 saturated heterocycles. The zero-order valence-corrected chi connectivity index (χ0v) is 20.0. The van der Waals surface area contributed by atoms with E-state index < -0.39 is 17.3 Å². The van der Waals surface area contributed by atoms with E-state index in [-0.39, 0.29) is 17.9 Å². The van der Waals surface area contributed by atoms with Gasteiger partial charge in [-0.15, -0.1) is 0 Å². The number of hydrogen-bond acceptors (Lipinski definition) is 2. The first-order valence-corrected chi connectivity index (χ1v) is 11.3. The fourth-order valence-electron chi connectivity index (χ4n) is 3.69. The summed E-state index contributed by atoms with van der Waals surface area (Å²) in [4.78, 5) is 13.1. The van der Waals surface area contributed by atoms with E-state index in [1.807, 2.05) is 37.3 Å². The van der Waals surface area contributed by atoms with E-state index in [1.165, 1.54) is 12.1 Å². The van der Waals surface area contributed by atoms with Gasteiger partial charge in [-0.25, -0.2) is 0 Å². The van der Waals surface area contributed by atoms with E-state index in [2.05, 4.69) is 5.32 Å². The van der Waals surface area contributed by atoms with Gasteiger partial charge in [0.2, 0.25) is 0 Å². The van der Waals surface area contributed by atoms with Crippen molar-refractivity contribution in [2.75, 3.05) is 0 Å². The van der Waals surface area contributed by atoms with Crippen molar-refractivity contribution in [3.05, 3.63) is 101 Å². The lowest BCUT2D eigenvalue weighted by Gasteiger charge is -2.31. The van der Waals surface area contributed by atoms with Crippen LogP contribution >= 0.6 is 11.6 Å². The van der Waals surface area contributed by atoms with Crippen LogP contribution in [0.3, 0.4) is 0 Å². The van der Waals surface area contributed by atoms with Crippen molar-refractivity contribution in [2.45, 2.75) is 50.9 Å². The number of ether oxygens (including phenoxy) is 1. The molecule has 0 fully saturated rings. The highest BCUT2D eigenvalue weighted by atomic mass is 35.5. The highest BCUT2D eigenvalue weighted by molar-refractivity contribution is 6.30. The molecular formula is C27H27ClF3NO2. The minimum atomic E-state index is -4.38. The van der Waals surface area contributed by atoms with Crippen molar-refractivity contribution in [3.63, 3.8) is 0 Å². The van der Waals surface area contributed by atoms with Gasteiger partial charge in [0, 0.05) is 17.0 Å². The van der Waals surface area contributed by atoms with Crippen LogP contribution in [-0.4, -0.2) is 17.6 Å². The van der Waals surface area contributed by atoms with Crippen LogP contribution in [0.25, 0.3) is 0 Å². The van der Waals surface area contributed by atoms with E-state index in [4.69, 9.17) is 16.3 Å². The molecule has 1 amide bonds. The summed E-state index contributed by atoms with van der Waals surface area (Å²) in [6, 6.07) is 21.2. The molecule has 0 bridgehead atoms. The Balaban J connectivity index is 1.76. The topological polar surface area (TPSA) is 38.3 Å². The molecule has 0 saturated carbocycles. The minimum absolute atomic E-state index is 0.159. The summed E-state index contributed by atoms with van der Waals surface area (Å²) in [5.41, 5.74) is -0.112. The second kappa shape index (κ2) is 10.5. The summed E-state index contributed by atoms with van der Waals surface area (Å²) >= 11 is 5.91. The molecule has 2 atom stereocenters. The normalized spacial score (nSPS) is 13.7. The van der Waals surface area contributed by atoms with Gasteiger partial charge in [-0.05, 0) is 74.7 Å². The van der Waals surface area contributed by atoms with Crippen molar-refractivity contribution >= 4 is 17.5 Å². The molecule has 0 heterocycles. The van der Waals surface area contributed by atoms with Crippen molar-refractivity contribution < 1.29 is 22.7 Å². The fourth-order valence-corrected chi connectivity index (χ4v) is 3.82. The van der Waals surface area contributed by atoms with Crippen LogP contribution in [0.1, 0.15) is 43.4 Å². The summed E-state index contributed by atoms with van der Waals surface area (Å²) in [5.74, 6) is 0.0538. The molecule has 34 heavy (non-hydrogen) atoms. The molecule has 7 heteroatoms. The van der Waals surface area contributed by atoms with Crippen LogP contribution < -0.4 is 10.1 Å². The highest BCUT2D eigenvalue weighted by Crippen LogP contribution is 2.31. The van der Waals surface area contributed by atoms with Gasteiger partial charge in [-0.2, -0.15) is 13.2 Å². The van der Waals surface area contributed by atoms with Crippen molar-refractivity contribution in [2.24, 2.45) is 0 Å². The molecule has 0 aliphatic rings. The average Bonchev–Trinajstić information content (AvgIpc) is 2.79. The molecule has 180 valence electrons. The predicted octanol–water partition coefficient (Wildman–Crippen LogP) is 7.05. The molecule has 0 unspecified atom stereocenters. The van der Waals surface area contributed by atoms with Crippen molar-refractivity contribution in [3.8, 4) is 5.75 Å². The molecular weight excluding hydrogens is 463 g/mol. The van der Waals surface area contributed by atoms with Crippen molar-refractivity contribution in [1.29, 1.82) is 0 Å². The van der Waals surface area contributed by atoms with Gasteiger partial charge in [0.25, 0.3) is 5.91 Å². The number of carbonyl (C=O) groups excluding carboxylic acids is 1. The number of carbonyl (C=O) groups is 1. The third-order valence-electron chi connectivity index (χ3n) is 5.66. The highest BCUT2D eigenvalue weighted by Gasteiger charge is 2.33. The minimum Gasteiger partial charge on any atom is -0.478 e. The Hall–Kier alpha value is -2.99. The third-order valence-corrected chi connectivity index (χ3v) is 5.91. The zero-order chi connectivity index (χ0) is 24.9. The summed E-state index contributed by atoms with van der Waals surface area (Å²) in [6.07, 6.45) is -3.92. The molecule has 3 aromatic carbocycles. The zero-order valence-electron chi connectivity index (χ0n) is 19.2. The molecule has 0 aliphatic heterocycles. The Morgan fingerprint density at radius 2 is 1.53 bits per heavy atom. The molecule has 3 rings (SSSR count). The monoisotopic (exact) mass is 489 g/mol. The largest absolute Gasteiger partial charge is 0.478 e. The molecule has 0 aromatic heterocycles. The molecule has 1 N–H and O–H groups in total. The summed E-state index contributed by atoms with van der Waals surface area (Å²) in [7, 11) is 0. The maximum atomic E-state index is 13.1. The number of alkyl halides is 3. The van der Waals surface area contributed by atoms with Gasteiger partial charge in [0.1, 0.15) is 5.75 Å².